The fourth-order valence-electron chi connectivity index (χ4n) is 2.97. The predicted octanol–water partition coefficient (Wildman–Crippen LogP) is 5.93. The molecule has 9 heteroatoms. The second-order valence-corrected chi connectivity index (χ2v) is 6.22. The first-order valence-corrected chi connectivity index (χ1v) is 8.15. The van der Waals surface area contributed by atoms with Gasteiger partial charge in [0.15, 0.2) is 6.67 Å². The summed E-state index contributed by atoms with van der Waals surface area (Å²) in [5, 5.41) is 0. The molecule has 0 aromatic rings. The maximum absolute atomic E-state index is 14.2. The molecule has 0 aromatic heterocycles. The molecule has 1 unspecified atom stereocenters. The lowest BCUT2D eigenvalue weighted by Crippen LogP contribution is -2.51. The van der Waals surface area contributed by atoms with Gasteiger partial charge in [0.2, 0.25) is 6.29 Å². The third kappa shape index (κ3) is 5.24. The molecule has 2 nitrogen and oxygen atoms in total. The van der Waals surface area contributed by atoms with Crippen molar-refractivity contribution >= 4 is 0 Å². The van der Waals surface area contributed by atoms with Crippen LogP contribution in [0.5, 0.6) is 0 Å². The van der Waals surface area contributed by atoms with Crippen LogP contribution in [0.15, 0.2) is 12.8 Å². The molecule has 25 heavy (non-hydrogen) atoms. The van der Waals surface area contributed by atoms with E-state index in [4.69, 9.17) is 0 Å². The van der Waals surface area contributed by atoms with E-state index in [-0.39, 0.29) is 6.42 Å². The summed E-state index contributed by atoms with van der Waals surface area (Å²) in [5.74, 6) is -11.4. The molecule has 0 saturated heterocycles. The highest BCUT2D eigenvalue weighted by molar-refractivity contribution is 4.91. The first-order chi connectivity index (χ1) is 11.5. The quantitative estimate of drug-likeness (QED) is 0.266. The van der Waals surface area contributed by atoms with Crippen molar-refractivity contribution in [2.24, 2.45) is 11.8 Å². The van der Waals surface area contributed by atoms with Crippen LogP contribution < -0.4 is 0 Å². The lowest BCUT2D eigenvalue weighted by atomic mass is 9.76. The Morgan fingerprint density at radius 1 is 1.04 bits per heavy atom. The van der Waals surface area contributed by atoms with Crippen molar-refractivity contribution in [3.05, 3.63) is 12.8 Å². The zero-order valence-electron chi connectivity index (χ0n) is 13.9. The zero-order chi connectivity index (χ0) is 19.3. The maximum Gasteiger partial charge on any atom is 0.422 e. The Morgan fingerprint density at radius 2 is 1.56 bits per heavy atom. The Kier molecular flexibility index (Phi) is 7.58. The van der Waals surface area contributed by atoms with E-state index in [1.807, 2.05) is 0 Å². The minimum atomic E-state index is -4.82. The number of hydrogen-bond donors (Lipinski definition) is 0. The van der Waals surface area contributed by atoms with Gasteiger partial charge in [-0.25, -0.2) is 13.2 Å². The van der Waals surface area contributed by atoms with E-state index in [2.05, 4.69) is 16.1 Å². The summed E-state index contributed by atoms with van der Waals surface area (Å²) in [6, 6.07) is 0. The fourth-order valence-corrected chi connectivity index (χ4v) is 2.97. The summed E-state index contributed by atoms with van der Waals surface area (Å²) < 4.78 is 104. The highest BCUT2D eigenvalue weighted by atomic mass is 19.3. The molecule has 1 atom stereocenters. The molecule has 0 aromatic carbocycles. The van der Waals surface area contributed by atoms with Gasteiger partial charge in [-0.05, 0) is 25.7 Å². The van der Waals surface area contributed by atoms with Gasteiger partial charge in [-0.3, -0.25) is 4.74 Å². The normalized spacial score (nSPS) is 24.0. The van der Waals surface area contributed by atoms with Crippen molar-refractivity contribution in [3.8, 4) is 0 Å². The molecule has 148 valence electrons. The third-order valence-corrected chi connectivity index (χ3v) is 4.46. The van der Waals surface area contributed by atoms with Crippen molar-refractivity contribution in [2.75, 3.05) is 6.67 Å². The van der Waals surface area contributed by atoms with Gasteiger partial charge in [0.05, 0.1) is 6.26 Å². The predicted molar refractivity (Wildman–Crippen MR) is 77.3 cm³/mol. The average molecular weight is 380 g/mol. The molecule has 1 aliphatic rings. The monoisotopic (exact) mass is 380 g/mol. The first-order valence-electron chi connectivity index (χ1n) is 8.15. The zero-order valence-corrected chi connectivity index (χ0v) is 13.9. The summed E-state index contributed by atoms with van der Waals surface area (Å²) >= 11 is 0. The fraction of sp³-hybridized carbons (Fsp3) is 0.875. The highest BCUT2D eigenvalue weighted by Crippen LogP contribution is 2.50. The average Bonchev–Trinajstić information content (AvgIpc) is 2.55. The summed E-state index contributed by atoms with van der Waals surface area (Å²) in [6.45, 7) is 2.90. The third-order valence-electron chi connectivity index (χ3n) is 4.46. The highest BCUT2D eigenvalue weighted by Gasteiger charge is 2.64. The number of hydrogen-bond acceptors (Lipinski definition) is 2. The van der Waals surface area contributed by atoms with E-state index < -0.39 is 68.4 Å². The van der Waals surface area contributed by atoms with Crippen LogP contribution in [-0.2, 0) is 9.47 Å². The molecule has 1 aliphatic carbocycles. The molecule has 0 spiro atoms. The van der Waals surface area contributed by atoms with Crippen molar-refractivity contribution in [2.45, 2.75) is 69.7 Å². The Morgan fingerprint density at radius 3 is 2.00 bits per heavy atom. The number of halogens is 7. The van der Waals surface area contributed by atoms with Gasteiger partial charge >= 0.3 is 12.0 Å². The Hall–Kier alpha value is -0.990. The number of ether oxygens (including phenoxy) is 2. The Balaban J connectivity index is 2.77. The van der Waals surface area contributed by atoms with Gasteiger partial charge in [0, 0.05) is 18.3 Å². The Bertz CT molecular complexity index is 421. The first kappa shape index (κ1) is 22.1. The summed E-state index contributed by atoms with van der Waals surface area (Å²) in [5.41, 5.74) is 0. The second-order valence-electron chi connectivity index (χ2n) is 6.22. The molecule has 1 fully saturated rings. The Labute approximate surface area is 142 Å². The van der Waals surface area contributed by atoms with Gasteiger partial charge in [0.25, 0.3) is 5.92 Å². The van der Waals surface area contributed by atoms with Crippen molar-refractivity contribution in [3.63, 3.8) is 0 Å². The van der Waals surface area contributed by atoms with Crippen LogP contribution in [0.4, 0.5) is 30.7 Å². The van der Waals surface area contributed by atoms with Crippen molar-refractivity contribution in [1.29, 1.82) is 0 Å². The summed E-state index contributed by atoms with van der Waals surface area (Å²) in [4.78, 5) is 0. The molecule has 1 rings (SSSR count). The number of alkyl halides is 7. The molecule has 0 radical (unpaired) electrons. The van der Waals surface area contributed by atoms with Gasteiger partial charge in [-0.2, -0.15) is 17.6 Å². The lowest BCUT2D eigenvalue weighted by Gasteiger charge is -2.39. The van der Waals surface area contributed by atoms with E-state index in [9.17, 15) is 30.7 Å². The molecule has 0 amide bonds. The molecule has 0 N–H and O–H groups in total. The molecular formula is C16H23F7O2. The lowest BCUT2D eigenvalue weighted by molar-refractivity contribution is -0.399. The van der Waals surface area contributed by atoms with Crippen molar-refractivity contribution < 1.29 is 40.2 Å². The van der Waals surface area contributed by atoms with Crippen LogP contribution in [0.2, 0.25) is 0 Å². The van der Waals surface area contributed by atoms with E-state index in [1.165, 1.54) is 0 Å². The van der Waals surface area contributed by atoms with Gasteiger partial charge in [0.1, 0.15) is 0 Å². The van der Waals surface area contributed by atoms with E-state index >= 15 is 0 Å². The van der Waals surface area contributed by atoms with Crippen LogP contribution in [0.3, 0.4) is 0 Å². The SMILES string of the molecule is C=COC(CCC)OC(F)(F)C(F)(F)C1CCC(C(F)(F)CF)CC1. The van der Waals surface area contributed by atoms with Gasteiger partial charge < -0.3 is 4.74 Å². The van der Waals surface area contributed by atoms with Gasteiger partial charge in [-0.15, -0.1) is 0 Å². The maximum atomic E-state index is 14.2. The van der Waals surface area contributed by atoms with E-state index in [0.717, 1.165) is 6.26 Å². The van der Waals surface area contributed by atoms with Crippen LogP contribution in [0.1, 0.15) is 45.4 Å². The number of rotatable bonds is 10. The van der Waals surface area contributed by atoms with Crippen molar-refractivity contribution in [1.82, 2.24) is 0 Å². The molecule has 0 heterocycles. The largest absolute Gasteiger partial charge is 0.473 e. The summed E-state index contributed by atoms with van der Waals surface area (Å²) in [7, 11) is 0. The van der Waals surface area contributed by atoms with Crippen LogP contribution in [-0.4, -0.2) is 30.9 Å². The standard InChI is InChI=1S/C16H23F7O2/c1-3-5-13(24-4-2)25-16(22,23)15(20,21)12-8-6-11(7-9-12)14(18,19)10-17/h4,11-13H,2-3,5-10H2,1H3. The van der Waals surface area contributed by atoms with Gasteiger partial charge in [-0.1, -0.05) is 19.9 Å². The molecule has 0 bridgehead atoms. The summed E-state index contributed by atoms with van der Waals surface area (Å²) in [6.07, 6.45) is -7.31. The van der Waals surface area contributed by atoms with Crippen LogP contribution in [0.25, 0.3) is 0 Å². The van der Waals surface area contributed by atoms with Crippen LogP contribution >= 0.6 is 0 Å². The van der Waals surface area contributed by atoms with E-state index in [0.29, 0.717) is 6.42 Å². The van der Waals surface area contributed by atoms with Crippen LogP contribution in [0, 0.1) is 11.8 Å². The minimum absolute atomic E-state index is 0.0485. The van der Waals surface area contributed by atoms with E-state index in [1.54, 1.807) is 6.92 Å². The topological polar surface area (TPSA) is 18.5 Å². The molecular weight excluding hydrogens is 357 g/mol. The molecule has 1 saturated carbocycles. The molecule has 0 aliphatic heterocycles. The smallest absolute Gasteiger partial charge is 0.422 e. The minimum Gasteiger partial charge on any atom is -0.473 e. The second kappa shape index (κ2) is 8.60.